The van der Waals surface area contributed by atoms with Crippen LogP contribution in [-0.2, 0) is 10.2 Å². The highest BCUT2D eigenvalue weighted by atomic mass is 19.2. The monoisotopic (exact) mass is 511 g/mol. The van der Waals surface area contributed by atoms with Crippen molar-refractivity contribution in [3.8, 4) is 5.69 Å². The summed E-state index contributed by atoms with van der Waals surface area (Å²) in [6.07, 6.45) is 0.661. The van der Waals surface area contributed by atoms with Crippen LogP contribution in [-0.4, -0.2) is 39.7 Å². The lowest BCUT2D eigenvalue weighted by Gasteiger charge is -2.23. The predicted octanol–water partition coefficient (Wildman–Crippen LogP) is 6.28. The molecule has 2 aromatic carbocycles. The van der Waals surface area contributed by atoms with Crippen LogP contribution in [0.15, 0.2) is 48.5 Å². The summed E-state index contributed by atoms with van der Waals surface area (Å²) in [6.45, 7) is 12.2. The van der Waals surface area contributed by atoms with E-state index in [2.05, 4.69) is 10.6 Å². The van der Waals surface area contributed by atoms with E-state index in [0.29, 0.717) is 24.7 Å². The Kier molecular flexibility index (Phi) is 8.68. The van der Waals surface area contributed by atoms with Crippen molar-refractivity contribution in [2.45, 2.75) is 53.4 Å². The van der Waals surface area contributed by atoms with Crippen LogP contribution in [0.4, 0.5) is 25.1 Å². The van der Waals surface area contributed by atoms with Crippen LogP contribution in [0.2, 0.25) is 0 Å². The molecule has 0 fully saturated rings. The number of amides is 3. The van der Waals surface area contributed by atoms with Gasteiger partial charge in [-0.1, -0.05) is 52.8 Å². The van der Waals surface area contributed by atoms with Crippen LogP contribution < -0.4 is 10.6 Å². The fourth-order valence-corrected chi connectivity index (χ4v) is 3.62. The number of hydrogen-bond donors (Lipinski definition) is 2. The number of hydrogen-bond acceptors (Lipinski definition) is 3. The van der Waals surface area contributed by atoms with E-state index in [1.54, 1.807) is 4.68 Å². The first-order valence-corrected chi connectivity index (χ1v) is 12.3. The molecule has 0 saturated heterocycles. The Bertz CT molecular complexity index is 1260. The Morgan fingerprint density at radius 2 is 1.73 bits per heavy atom. The van der Waals surface area contributed by atoms with Gasteiger partial charge in [-0.3, -0.25) is 4.79 Å². The second kappa shape index (κ2) is 11.5. The first-order valence-electron chi connectivity index (χ1n) is 12.3. The molecule has 0 aliphatic heterocycles. The second-order valence-corrected chi connectivity index (χ2v) is 10.6. The maximum absolute atomic E-state index is 13.6. The quantitative estimate of drug-likeness (QED) is 0.374. The number of aromatic nitrogens is 2. The molecule has 0 spiro atoms. The van der Waals surface area contributed by atoms with Crippen molar-refractivity contribution < 1.29 is 18.4 Å². The molecule has 198 valence electrons. The molecular weight excluding hydrogens is 476 g/mol. The smallest absolute Gasteiger partial charge is 0.315 e. The zero-order valence-corrected chi connectivity index (χ0v) is 22.2. The summed E-state index contributed by atoms with van der Waals surface area (Å²) in [6, 6.07) is 12.1. The predicted molar refractivity (Wildman–Crippen MR) is 142 cm³/mol. The van der Waals surface area contributed by atoms with E-state index in [0.717, 1.165) is 29.1 Å². The van der Waals surface area contributed by atoms with Crippen molar-refractivity contribution in [3.05, 3.63) is 71.4 Å². The van der Waals surface area contributed by atoms with Gasteiger partial charge in [0.2, 0.25) is 5.91 Å². The molecular formula is C28H35F2N5O2. The fraction of sp³-hybridized carbons (Fsp3) is 0.393. The number of anilines is 2. The molecule has 3 rings (SSSR count). The summed E-state index contributed by atoms with van der Waals surface area (Å²) in [5, 5.41) is 10.2. The van der Waals surface area contributed by atoms with Crippen LogP contribution in [0, 0.1) is 24.5 Å². The zero-order valence-electron chi connectivity index (χ0n) is 22.2. The number of urea groups is 1. The minimum absolute atomic E-state index is 0.103. The number of para-hydroxylation sites is 1. The van der Waals surface area contributed by atoms with Gasteiger partial charge in [-0.25, -0.2) is 18.3 Å². The molecule has 2 N–H and O–H groups in total. The summed E-state index contributed by atoms with van der Waals surface area (Å²) in [5.74, 6) is -1.69. The largest absolute Gasteiger partial charge is 0.322 e. The highest BCUT2D eigenvalue weighted by Crippen LogP contribution is 2.27. The third kappa shape index (κ3) is 7.38. The van der Waals surface area contributed by atoms with E-state index in [1.165, 1.54) is 11.0 Å². The number of nitrogens with one attached hydrogen (secondary N) is 2. The van der Waals surface area contributed by atoms with E-state index in [4.69, 9.17) is 5.10 Å². The van der Waals surface area contributed by atoms with Crippen molar-refractivity contribution in [2.24, 2.45) is 5.92 Å². The Labute approximate surface area is 216 Å². The fourth-order valence-electron chi connectivity index (χ4n) is 3.62. The molecule has 0 radical (unpaired) electrons. The number of nitrogens with zero attached hydrogens (tertiary/aromatic N) is 3. The molecule has 3 aromatic rings. The Hall–Kier alpha value is -3.75. The standard InChI is InChI=1S/C28H35F2N5O2/c1-18(2)13-14-34(27(37)31-20-11-12-21(29)22(30)15-20)17-26(36)32-25-16-24(28(4,5)6)33-35(25)23-10-8-7-9-19(23)3/h7-12,15-16,18H,13-14,17H2,1-6H3,(H,31,37)(H,32,36). The first-order chi connectivity index (χ1) is 17.3. The SMILES string of the molecule is Cc1ccccc1-n1nc(C(C)(C)C)cc1NC(=O)CN(CCC(C)C)C(=O)Nc1ccc(F)c(F)c1. The van der Waals surface area contributed by atoms with E-state index < -0.39 is 23.6 Å². The van der Waals surface area contributed by atoms with Crippen LogP contribution in [0.1, 0.15) is 52.3 Å². The van der Waals surface area contributed by atoms with E-state index in [9.17, 15) is 18.4 Å². The van der Waals surface area contributed by atoms with Crippen molar-refractivity contribution >= 4 is 23.4 Å². The number of rotatable bonds is 8. The van der Waals surface area contributed by atoms with Gasteiger partial charge in [0.25, 0.3) is 0 Å². The molecule has 0 aliphatic rings. The molecule has 37 heavy (non-hydrogen) atoms. The van der Waals surface area contributed by atoms with Gasteiger partial charge in [0.05, 0.1) is 11.4 Å². The maximum Gasteiger partial charge on any atom is 0.322 e. The van der Waals surface area contributed by atoms with Gasteiger partial charge in [0.15, 0.2) is 11.6 Å². The topological polar surface area (TPSA) is 79.3 Å². The summed E-state index contributed by atoms with van der Waals surface area (Å²) in [7, 11) is 0. The minimum Gasteiger partial charge on any atom is -0.315 e. The Morgan fingerprint density at radius 3 is 2.35 bits per heavy atom. The molecule has 3 amide bonds. The van der Waals surface area contributed by atoms with Crippen LogP contribution in [0.3, 0.4) is 0 Å². The van der Waals surface area contributed by atoms with Crippen molar-refractivity contribution in [2.75, 3.05) is 23.7 Å². The molecule has 0 aliphatic carbocycles. The third-order valence-electron chi connectivity index (χ3n) is 5.86. The van der Waals surface area contributed by atoms with Gasteiger partial charge in [0, 0.05) is 29.8 Å². The third-order valence-corrected chi connectivity index (χ3v) is 5.86. The highest BCUT2D eigenvalue weighted by Gasteiger charge is 2.24. The lowest BCUT2D eigenvalue weighted by Crippen LogP contribution is -2.41. The van der Waals surface area contributed by atoms with Gasteiger partial charge in [-0.2, -0.15) is 5.10 Å². The van der Waals surface area contributed by atoms with E-state index >= 15 is 0 Å². The van der Waals surface area contributed by atoms with Crippen LogP contribution >= 0.6 is 0 Å². The van der Waals surface area contributed by atoms with Gasteiger partial charge < -0.3 is 15.5 Å². The number of aryl methyl sites for hydroxylation is 1. The molecule has 7 nitrogen and oxygen atoms in total. The summed E-state index contributed by atoms with van der Waals surface area (Å²) >= 11 is 0. The van der Waals surface area contributed by atoms with Crippen molar-refractivity contribution in [3.63, 3.8) is 0 Å². The lowest BCUT2D eigenvalue weighted by molar-refractivity contribution is -0.116. The van der Waals surface area contributed by atoms with Gasteiger partial charge in [-0.05, 0) is 43.0 Å². The lowest BCUT2D eigenvalue weighted by atomic mass is 9.92. The Balaban J connectivity index is 1.83. The molecule has 1 aromatic heterocycles. The maximum atomic E-state index is 13.6. The van der Waals surface area contributed by atoms with Crippen LogP contribution in [0.5, 0.6) is 0 Å². The summed E-state index contributed by atoms with van der Waals surface area (Å²) in [4.78, 5) is 27.5. The average Bonchev–Trinajstić information content (AvgIpc) is 3.23. The van der Waals surface area contributed by atoms with Gasteiger partial charge in [-0.15, -0.1) is 0 Å². The second-order valence-electron chi connectivity index (χ2n) is 10.6. The molecule has 0 bridgehead atoms. The number of carbonyl (C=O) groups excluding carboxylic acids is 2. The normalized spacial score (nSPS) is 11.5. The van der Waals surface area contributed by atoms with E-state index in [-0.39, 0.29) is 17.6 Å². The summed E-state index contributed by atoms with van der Waals surface area (Å²) in [5.41, 5.74) is 2.48. The number of halogens is 2. The molecule has 0 unspecified atom stereocenters. The Morgan fingerprint density at radius 1 is 1.03 bits per heavy atom. The average molecular weight is 512 g/mol. The number of carbonyl (C=O) groups is 2. The molecule has 9 heteroatoms. The molecule has 0 atom stereocenters. The minimum atomic E-state index is -1.07. The number of benzene rings is 2. The van der Waals surface area contributed by atoms with E-state index in [1.807, 2.05) is 71.9 Å². The first kappa shape index (κ1) is 27.8. The molecule has 0 saturated carbocycles. The molecule has 1 heterocycles. The van der Waals surface area contributed by atoms with Gasteiger partial charge >= 0.3 is 6.03 Å². The van der Waals surface area contributed by atoms with Crippen molar-refractivity contribution in [1.29, 1.82) is 0 Å². The summed E-state index contributed by atoms with van der Waals surface area (Å²) < 4.78 is 28.6. The van der Waals surface area contributed by atoms with Gasteiger partial charge in [0.1, 0.15) is 12.4 Å². The van der Waals surface area contributed by atoms with Crippen LogP contribution in [0.25, 0.3) is 5.69 Å². The van der Waals surface area contributed by atoms with Crippen molar-refractivity contribution in [1.82, 2.24) is 14.7 Å². The highest BCUT2D eigenvalue weighted by molar-refractivity contribution is 5.96. The zero-order chi connectivity index (χ0) is 27.3.